The fourth-order valence-electron chi connectivity index (χ4n) is 1.96. The van der Waals surface area contributed by atoms with Crippen molar-refractivity contribution < 1.29 is 4.74 Å². The number of halogens is 1. The van der Waals surface area contributed by atoms with Crippen molar-refractivity contribution in [3.63, 3.8) is 0 Å². The van der Waals surface area contributed by atoms with E-state index in [0.29, 0.717) is 21.5 Å². The van der Waals surface area contributed by atoms with Crippen molar-refractivity contribution in [1.82, 2.24) is 14.8 Å². The first-order valence-corrected chi connectivity index (χ1v) is 6.50. The topological polar surface area (TPSA) is 42.8 Å². The van der Waals surface area contributed by atoms with Crippen LogP contribution in [-0.4, -0.2) is 21.9 Å². The summed E-state index contributed by atoms with van der Waals surface area (Å²) >= 11 is 11.3. The van der Waals surface area contributed by atoms with Crippen LogP contribution in [0.3, 0.4) is 0 Å². The first kappa shape index (κ1) is 11.7. The van der Waals surface area contributed by atoms with Gasteiger partial charge in [-0.2, -0.15) is 5.10 Å². The maximum atomic E-state index is 6.03. The van der Waals surface area contributed by atoms with Crippen molar-refractivity contribution in [3.8, 4) is 11.4 Å². The molecule has 1 aliphatic rings. The van der Waals surface area contributed by atoms with Gasteiger partial charge in [-0.3, -0.25) is 9.67 Å². The minimum absolute atomic E-state index is 0.514. The van der Waals surface area contributed by atoms with E-state index in [0.717, 1.165) is 11.5 Å². The molecule has 0 saturated heterocycles. The molecule has 1 aliphatic carbocycles. The number of nitrogens with zero attached hydrogens (tertiary/aromatic N) is 2. The molecule has 1 saturated carbocycles. The van der Waals surface area contributed by atoms with E-state index in [2.05, 4.69) is 10.2 Å². The number of ether oxygens (including phenoxy) is 1. The molecule has 1 aromatic heterocycles. The molecule has 2 aromatic rings. The van der Waals surface area contributed by atoms with Gasteiger partial charge >= 0.3 is 0 Å². The van der Waals surface area contributed by atoms with Crippen LogP contribution in [0.25, 0.3) is 5.69 Å². The predicted molar refractivity (Wildman–Crippen MR) is 72.3 cm³/mol. The number of benzene rings is 1. The molecule has 94 valence electrons. The lowest BCUT2D eigenvalue weighted by Crippen LogP contribution is -2.00. The van der Waals surface area contributed by atoms with E-state index < -0.39 is 0 Å². The largest absolute Gasteiger partial charge is 0.495 e. The second-order valence-corrected chi connectivity index (χ2v) is 5.11. The van der Waals surface area contributed by atoms with Gasteiger partial charge in [-0.25, -0.2) is 0 Å². The van der Waals surface area contributed by atoms with Gasteiger partial charge in [0.25, 0.3) is 0 Å². The van der Waals surface area contributed by atoms with Crippen LogP contribution in [0.15, 0.2) is 18.2 Å². The molecule has 18 heavy (non-hydrogen) atoms. The molecule has 0 spiro atoms. The normalized spacial score (nSPS) is 14.8. The number of rotatable bonds is 3. The van der Waals surface area contributed by atoms with Crippen molar-refractivity contribution in [1.29, 1.82) is 0 Å². The zero-order chi connectivity index (χ0) is 12.7. The zero-order valence-electron chi connectivity index (χ0n) is 9.81. The van der Waals surface area contributed by atoms with Gasteiger partial charge in [0.1, 0.15) is 11.6 Å². The predicted octanol–water partition coefficient (Wildman–Crippen LogP) is 3.47. The fraction of sp³-hybridized carbons (Fsp3) is 0.333. The molecule has 0 unspecified atom stereocenters. The van der Waals surface area contributed by atoms with Gasteiger partial charge < -0.3 is 4.74 Å². The van der Waals surface area contributed by atoms with Crippen molar-refractivity contribution in [2.24, 2.45) is 0 Å². The van der Waals surface area contributed by atoms with Gasteiger partial charge in [0.05, 0.1) is 17.8 Å². The van der Waals surface area contributed by atoms with E-state index in [9.17, 15) is 0 Å². The van der Waals surface area contributed by atoms with Crippen LogP contribution in [0.1, 0.15) is 24.6 Å². The maximum absolute atomic E-state index is 6.03. The average Bonchev–Trinajstić information content (AvgIpc) is 3.14. The number of hydrogen-bond donors (Lipinski definition) is 1. The van der Waals surface area contributed by atoms with Crippen LogP contribution in [0, 0.1) is 4.77 Å². The second-order valence-electron chi connectivity index (χ2n) is 4.32. The first-order valence-electron chi connectivity index (χ1n) is 5.72. The van der Waals surface area contributed by atoms with Gasteiger partial charge in [0.2, 0.25) is 0 Å². The van der Waals surface area contributed by atoms with Gasteiger partial charge in [0, 0.05) is 12.0 Å². The number of hydrogen-bond acceptors (Lipinski definition) is 3. The molecule has 0 bridgehead atoms. The zero-order valence-corrected chi connectivity index (χ0v) is 11.4. The van der Waals surface area contributed by atoms with Crippen molar-refractivity contribution in [3.05, 3.63) is 33.8 Å². The monoisotopic (exact) mass is 281 g/mol. The Bertz CT molecular complexity index is 645. The van der Waals surface area contributed by atoms with E-state index in [1.165, 1.54) is 12.8 Å². The summed E-state index contributed by atoms with van der Waals surface area (Å²) in [6.45, 7) is 0. The lowest BCUT2D eigenvalue weighted by molar-refractivity contribution is 0.415. The summed E-state index contributed by atoms with van der Waals surface area (Å²) in [6, 6.07) is 5.60. The smallest absolute Gasteiger partial charge is 0.199 e. The number of aromatic nitrogens is 3. The number of methoxy groups -OCH3 is 1. The van der Waals surface area contributed by atoms with Gasteiger partial charge in [0.15, 0.2) is 4.77 Å². The molecular formula is C12H12ClN3OS. The van der Waals surface area contributed by atoms with E-state index in [-0.39, 0.29) is 0 Å². The molecule has 0 radical (unpaired) electrons. The molecule has 6 heteroatoms. The second kappa shape index (κ2) is 4.40. The lowest BCUT2D eigenvalue weighted by atomic mass is 10.3. The Labute approximate surface area is 115 Å². The Morgan fingerprint density at radius 1 is 1.50 bits per heavy atom. The summed E-state index contributed by atoms with van der Waals surface area (Å²) in [5.41, 5.74) is 0.928. The van der Waals surface area contributed by atoms with Crippen LogP contribution in [0.5, 0.6) is 5.75 Å². The molecule has 0 amide bonds. The number of aromatic amines is 1. The Morgan fingerprint density at radius 2 is 2.28 bits per heavy atom. The summed E-state index contributed by atoms with van der Waals surface area (Å²) in [4.78, 5) is 0. The highest BCUT2D eigenvalue weighted by Gasteiger charge is 2.29. The minimum Gasteiger partial charge on any atom is -0.495 e. The fourth-order valence-corrected chi connectivity index (χ4v) is 2.40. The molecule has 4 nitrogen and oxygen atoms in total. The highest BCUT2D eigenvalue weighted by atomic mass is 35.5. The summed E-state index contributed by atoms with van der Waals surface area (Å²) < 4.78 is 7.78. The Balaban J connectivity index is 2.14. The Hall–Kier alpha value is -1.33. The maximum Gasteiger partial charge on any atom is 0.199 e. The lowest BCUT2D eigenvalue weighted by Gasteiger charge is -2.09. The van der Waals surface area contributed by atoms with E-state index in [1.54, 1.807) is 13.2 Å². The molecule has 0 atom stereocenters. The van der Waals surface area contributed by atoms with E-state index >= 15 is 0 Å². The molecule has 1 aromatic carbocycles. The average molecular weight is 282 g/mol. The minimum atomic E-state index is 0.514. The highest BCUT2D eigenvalue weighted by Crippen LogP contribution is 2.40. The number of nitrogens with one attached hydrogen (secondary N) is 1. The standard InChI is InChI=1S/C12H12ClN3OS/c1-17-10-6-8(4-5-9(10)13)16-11(7-2-3-7)14-15-12(16)18/h4-7H,2-3H2,1H3,(H,15,18). The first-order chi connectivity index (χ1) is 8.70. The molecular weight excluding hydrogens is 270 g/mol. The van der Waals surface area contributed by atoms with Crippen LogP contribution < -0.4 is 4.74 Å². The molecule has 3 rings (SSSR count). The number of H-pyrrole nitrogens is 1. The summed E-state index contributed by atoms with van der Waals surface area (Å²) in [7, 11) is 1.60. The Morgan fingerprint density at radius 3 is 2.94 bits per heavy atom. The molecule has 1 heterocycles. The van der Waals surface area contributed by atoms with Crippen LogP contribution >= 0.6 is 23.8 Å². The van der Waals surface area contributed by atoms with Crippen LogP contribution in [-0.2, 0) is 0 Å². The molecule has 0 aliphatic heterocycles. The molecule has 1 N–H and O–H groups in total. The van der Waals surface area contributed by atoms with Crippen molar-refractivity contribution in [2.75, 3.05) is 7.11 Å². The summed E-state index contributed by atoms with van der Waals surface area (Å²) in [6.07, 6.45) is 2.34. The van der Waals surface area contributed by atoms with Gasteiger partial charge in [-0.05, 0) is 37.2 Å². The third-order valence-electron chi connectivity index (χ3n) is 3.03. The summed E-state index contributed by atoms with van der Waals surface area (Å²) in [5.74, 6) is 2.14. The van der Waals surface area contributed by atoms with Crippen molar-refractivity contribution in [2.45, 2.75) is 18.8 Å². The quantitative estimate of drug-likeness (QED) is 0.876. The van der Waals surface area contributed by atoms with Gasteiger partial charge in [-0.1, -0.05) is 11.6 Å². The molecule has 1 fully saturated rings. The van der Waals surface area contributed by atoms with E-state index in [4.69, 9.17) is 28.6 Å². The van der Waals surface area contributed by atoms with Gasteiger partial charge in [-0.15, -0.1) is 0 Å². The summed E-state index contributed by atoms with van der Waals surface area (Å²) in [5, 5.41) is 7.74. The Kier molecular flexibility index (Phi) is 2.87. The van der Waals surface area contributed by atoms with E-state index in [1.807, 2.05) is 16.7 Å². The SMILES string of the molecule is COc1cc(-n2c(C3CC3)n[nH]c2=S)ccc1Cl. The van der Waals surface area contributed by atoms with Crippen LogP contribution in [0.4, 0.5) is 0 Å². The third kappa shape index (κ3) is 1.93. The van der Waals surface area contributed by atoms with Crippen molar-refractivity contribution >= 4 is 23.8 Å². The third-order valence-corrected chi connectivity index (χ3v) is 3.62. The highest BCUT2D eigenvalue weighted by molar-refractivity contribution is 7.71. The van der Waals surface area contributed by atoms with Crippen LogP contribution in [0.2, 0.25) is 5.02 Å².